The molecule has 0 spiro atoms. The SMILES string of the molecule is Brc1ccc(OC2CN3CCC2CC3)nn1. The van der Waals surface area contributed by atoms with E-state index in [0.29, 0.717) is 17.9 Å². The molecular weight excluding hydrogens is 270 g/mol. The van der Waals surface area contributed by atoms with Crippen LogP contribution in [0.3, 0.4) is 0 Å². The molecule has 0 amide bonds. The van der Waals surface area contributed by atoms with Crippen molar-refractivity contribution in [3.63, 3.8) is 0 Å². The Hall–Kier alpha value is -0.680. The van der Waals surface area contributed by atoms with Crippen molar-refractivity contribution in [2.45, 2.75) is 18.9 Å². The van der Waals surface area contributed by atoms with Crippen LogP contribution in [0.5, 0.6) is 5.88 Å². The van der Waals surface area contributed by atoms with E-state index in [1.54, 1.807) is 0 Å². The Kier molecular flexibility index (Phi) is 2.81. The zero-order valence-electron chi connectivity index (χ0n) is 8.97. The molecule has 3 aliphatic rings. The Balaban J connectivity index is 1.68. The Labute approximate surface area is 103 Å². The summed E-state index contributed by atoms with van der Waals surface area (Å²) in [7, 11) is 0. The average molecular weight is 284 g/mol. The Morgan fingerprint density at radius 3 is 2.62 bits per heavy atom. The van der Waals surface area contributed by atoms with Crippen molar-refractivity contribution in [3.8, 4) is 5.88 Å². The van der Waals surface area contributed by atoms with Crippen molar-refractivity contribution in [1.29, 1.82) is 0 Å². The predicted molar refractivity (Wildman–Crippen MR) is 63.3 cm³/mol. The molecule has 1 unspecified atom stereocenters. The topological polar surface area (TPSA) is 38.2 Å². The fourth-order valence-corrected chi connectivity index (χ4v) is 2.78. The van der Waals surface area contributed by atoms with Crippen LogP contribution in [0.4, 0.5) is 0 Å². The van der Waals surface area contributed by atoms with Gasteiger partial charge in [0.15, 0.2) is 0 Å². The monoisotopic (exact) mass is 283 g/mol. The number of halogens is 1. The highest BCUT2D eigenvalue weighted by molar-refractivity contribution is 9.10. The summed E-state index contributed by atoms with van der Waals surface area (Å²) in [6.45, 7) is 3.51. The molecule has 0 radical (unpaired) electrons. The van der Waals surface area contributed by atoms with Crippen molar-refractivity contribution < 1.29 is 4.74 Å². The summed E-state index contributed by atoms with van der Waals surface area (Å²) >= 11 is 3.27. The molecule has 0 N–H and O–H groups in total. The first-order valence-electron chi connectivity index (χ1n) is 5.69. The maximum Gasteiger partial charge on any atom is 0.233 e. The van der Waals surface area contributed by atoms with E-state index < -0.39 is 0 Å². The number of hydrogen-bond donors (Lipinski definition) is 0. The van der Waals surface area contributed by atoms with Gasteiger partial charge < -0.3 is 4.74 Å². The largest absolute Gasteiger partial charge is 0.472 e. The highest BCUT2D eigenvalue weighted by Gasteiger charge is 2.35. The van der Waals surface area contributed by atoms with Crippen LogP contribution in [0.15, 0.2) is 16.7 Å². The molecule has 1 aromatic rings. The maximum atomic E-state index is 5.91. The quantitative estimate of drug-likeness (QED) is 0.828. The van der Waals surface area contributed by atoms with Gasteiger partial charge in [0, 0.05) is 12.6 Å². The lowest BCUT2D eigenvalue weighted by Crippen LogP contribution is -2.52. The van der Waals surface area contributed by atoms with Gasteiger partial charge in [0.2, 0.25) is 5.88 Å². The molecule has 4 rings (SSSR count). The van der Waals surface area contributed by atoms with Gasteiger partial charge in [0.25, 0.3) is 0 Å². The van der Waals surface area contributed by atoms with E-state index in [4.69, 9.17) is 4.74 Å². The first-order chi connectivity index (χ1) is 7.81. The summed E-state index contributed by atoms with van der Waals surface area (Å²) in [5.74, 6) is 1.34. The average Bonchev–Trinajstić information content (AvgIpc) is 2.34. The summed E-state index contributed by atoms with van der Waals surface area (Å²) in [6.07, 6.45) is 2.82. The van der Waals surface area contributed by atoms with Crippen molar-refractivity contribution in [3.05, 3.63) is 16.7 Å². The number of piperidine rings is 3. The molecule has 0 aliphatic carbocycles. The van der Waals surface area contributed by atoms with Gasteiger partial charge in [0.05, 0.1) is 0 Å². The van der Waals surface area contributed by atoms with Crippen LogP contribution in [0.25, 0.3) is 0 Å². The second kappa shape index (κ2) is 4.30. The molecule has 3 fully saturated rings. The molecule has 1 aromatic heterocycles. The third-order valence-electron chi connectivity index (χ3n) is 3.48. The molecule has 86 valence electrons. The number of aromatic nitrogens is 2. The molecule has 16 heavy (non-hydrogen) atoms. The lowest BCUT2D eigenvalue weighted by Gasteiger charge is -2.44. The summed E-state index contributed by atoms with van der Waals surface area (Å²) in [5, 5.41) is 7.95. The molecule has 2 bridgehead atoms. The van der Waals surface area contributed by atoms with Crippen LogP contribution in [0.1, 0.15) is 12.8 Å². The lowest BCUT2D eigenvalue weighted by molar-refractivity contribution is -0.0104. The minimum Gasteiger partial charge on any atom is -0.472 e. The fraction of sp³-hybridized carbons (Fsp3) is 0.636. The van der Waals surface area contributed by atoms with Crippen LogP contribution in [-0.4, -0.2) is 40.8 Å². The summed E-state index contributed by atoms with van der Waals surface area (Å²) in [5.41, 5.74) is 0. The van der Waals surface area contributed by atoms with E-state index in [2.05, 4.69) is 31.0 Å². The lowest BCUT2D eigenvalue weighted by atomic mass is 9.86. The van der Waals surface area contributed by atoms with E-state index >= 15 is 0 Å². The molecule has 0 aromatic carbocycles. The van der Waals surface area contributed by atoms with Gasteiger partial charge in [-0.25, -0.2) is 0 Å². The van der Waals surface area contributed by atoms with Gasteiger partial charge in [-0.1, -0.05) is 0 Å². The molecule has 4 heterocycles. The Morgan fingerprint density at radius 2 is 2.06 bits per heavy atom. The third-order valence-corrected chi connectivity index (χ3v) is 3.90. The maximum absolute atomic E-state index is 5.91. The normalized spacial score (nSPS) is 32.7. The Morgan fingerprint density at radius 1 is 1.25 bits per heavy atom. The number of rotatable bonds is 2. The fourth-order valence-electron chi connectivity index (χ4n) is 2.57. The second-order valence-electron chi connectivity index (χ2n) is 4.49. The van der Waals surface area contributed by atoms with Gasteiger partial charge in [-0.05, 0) is 53.8 Å². The highest BCUT2D eigenvalue weighted by Crippen LogP contribution is 2.30. The molecule has 1 atom stereocenters. The van der Waals surface area contributed by atoms with Crippen LogP contribution in [0, 0.1) is 5.92 Å². The number of nitrogens with zero attached hydrogens (tertiary/aromatic N) is 3. The zero-order valence-corrected chi connectivity index (χ0v) is 10.6. The van der Waals surface area contributed by atoms with Gasteiger partial charge in [-0.15, -0.1) is 10.2 Å². The molecular formula is C11H14BrN3O. The Bertz CT molecular complexity index is 362. The van der Waals surface area contributed by atoms with E-state index in [9.17, 15) is 0 Å². The van der Waals surface area contributed by atoms with Crippen LogP contribution in [0.2, 0.25) is 0 Å². The van der Waals surface area contributed by atoms with Crippen molar-refractivity contribution in [1.82, 2.24) is 15.1 Å². The van der Waals surface area contributed by atoms with Crippen LogP contribution < -0.4 is 4.74 Å². The van der Waals surface area contributed by atoms with Crippen molar-refractivity contribution >= 4 is 15.9 Å². The van der Waals surface area contributed by atoms with E-state index in [1.165, 1.54) is 25.9 Å². The first kappa shape index (κ1) is 10.5. The molecule has 4 nitrogen and oxygen atoms in total. The van der Waals surface area contributed by atoms with Gasteiger partial charge >= 0.3 is 0 Å². The molecule has 3 aliphatic heterocycles. The minimum atomic E-state index is 0.304. The van der Waals surface area contributed by atoms with E-state index in [-0.39, 0.29) is 0 Å². The van der Waals surface area contributed by atoms with Gasteiger partial charge in [0.1, 0.15) is 10.7 Å². The molecule has 0 saturated carbocycles. The standard InChI is InChI=1S/C11H14BrN3O/c12-10-1-2-11(14-13-10)16-9-7-15-5-3-8(9)4-6-15/h1-2,8-9H,3-7H2. The smallest absolute Gasteiger partial charge is 0.233 e. The molecule has 5 heteroatoms. The zero-order chi connectivity index (χ0) is 11.0. The minimum absolute atomic E-state index is 0.304. The predicted octanol–water partition coefficient (Wildman–Crippen LogP) is 1.71. The summed E-state index contributed by atoms with van der Waals surface area (Å²) in [4.78, 5) is 2.47. The van der Waals surface area contributed by atoms with E-state index in [0.717, 1.165) is 11.1 Å². The highest BCUT2D eigenvalue weighted by atomic mass is 79.9. The number of hydrogen-bond acceptors (Lipinski definition) is 4. The van der Waals surface area contributed by atoms with Crippen LogP contribution >= 0.6 is 15.9 Å². The first-order valence-corrected chi connectivity index (χ1v) is 6.49. The van der Waals surface area contributed by atoms with Crippen molar-refractivity contribution in [2.24, 2.45) is 5.92 Å². The molecule has 3 saturated heterocycles. The number of ether oxygens (including phenoxy) is 1. The van der Waals surface area contributed by atoms with Crippen molar-refractivity contribution in [2.75, 3.05) is 19.6 Å². The van der Waals surface area contributed by atoms with Crippen LogP contribution in [-0.2, 0) is 0 Å². The second-order valence-corrected chi connectivity index (χ2v) is 5.30. The summed E-state index contributed by atoms with van der Waals surface area (Å²) in [6, 6.07) is 3.73. The van der Waals surface area contributed by atoms with Gasteiger partial charge in [-0.2, -0.15) is 0 Å². The van der Waals surface area contributed by atoms with Gasteiger partial charge in [-0.3, -0.25) is 4.90 Å². The third kappa shape index (κ3) is 2.06. The van der Waals surface area contributed by atoms with E-state index in [1.807, 2.05) is 12.1 Å². The number of fused-ring (bicyclic) bond motifs is 3. The summed E-state index contributed by atoms with van der Waals surface area (Å²) < 4.78 is 6.65.